The third-order valence-corrected chi connectivity index (χ3v) is 3.28. The van der Waals surface area contributed by atoms with E-state index in [0.717, 1.165) is 11.1 Å². The summed E-state index contributed by atoms with van der Waals surface area (Å²) in [4.78, 5) is 12.0. The second-order valence-electron chi connectivity index (χ2n) is 4.66. The van der Waals surface area contributed by atoms with Gasteiger partial charge in [0.05, 0.1) is 0 Å². The van der Waals surface area contributed by atoms with Crippen LogP contribution in [-0.4, -0.2) is 5.78 Å². The molecule has 0 unspecified atom stereocenters. The van der Waals surface area contributed by atoms with Gasteiger partial charge in [0.25, 0.3) is 0 Å². The monoisotopic (exact) mass is 292 g/mol. The normalized spacial score (nSPS) is 10.5. The van der Waals surface area contributed by atoms with Gasteiger partial charge in [-0.3, -0.25) is 4.79 Å². The number of benzene rings is 2. The lowest BCUT2D eigenvalue weighted by Gasteiger charge is -2.04. The summed E-state index contributed by atoms with van der Waals surface area (Å²) < 4.78 is 0. The van der Waals surface area contributed by atoms with Gasteiger partial charge in [-0.1, -0.05) is 53.0 Å². The van der Waals surface area contributed by atoms with E-state index in [4.69, 9.17) is 23.2 Å². The first-order valence-electron chi connectivity index (χ1n) is 6.05. The Bertz CT molecular complexity index is 568. The van der Waals surface area contributed by atoms with Gasteiger partial charge < -0.3 is 0 Å². The smallest absolute Gasteiger partial charge is 0.141 e. The van der Waals surface area contributed by atoms with Gasteiger partial charge in [0.15, 0.2) is 0 Å². The zero-order valence-corrected chi connectivity index (χ0v) is 12.1. The molecule has 19 heavy (non-hydrogen) atoms. The molecular formula is C16H14Cl2O. The average Bonchev–Trinajstić information content (AvgIpc) is 2.30. The molecule has 0 radical (unpaired) electrons. The zero-order valence-electron chi connectivity index (χ0n) is 10.6. The topological polar surface area (TPSA) is 17.1 Å². The van der Waals surface area contributed by atoms with Crippen molar-refractivity contribution in [3.63, 3.8) is 0 Å². The van der Waals surface area contributed by atoms with E-state index >= 15 is 0 Å². The SMILES string of the molecule is Cc1ccc(CC(=O)Cc2cc(Cl)cc(Cl)c2)cc1. The summed E-state index contributed by atoms with van der Waals surface area (Å²) in [5, 5.41) is 1.12. The maximum Gasteiger partial charge on any atom is 0.141 e. The second-order valence-corrected chi connectivity index (χ2v) is 5.53. The molecule has 0 N–H and O–H groups in total. The summed E-state index contributed by atoms with van der Waals surface area (Å²) in [6.07, 6.45) is 0.790. The van der Waals surface area contributed by atoms with Crippen molar-refractivity contribution < 1.29 is 4.79 Å². The highest BCUT2D eigenvalue weighted by Crippen LogP contribution is 2.19. The Morgan fingerprint density at radius 3 is 2.00 bits per heavy atom. The van der Waals surface area contributed by atoms with Gasteiger partial charge in [0, 0.05) is 22.9 Å². The molecule has 0 aliphatic carbocycles. The minimum Gasteiger partial charge on any atom is -0.299 e. The number of halogens is 2. The average molecular weight is 293 g/mol. The molecule has 0 saturated carbocycles. The number of rotatable bonds is 4. The second kappa shape index (κ2) is 6.23. The maximum atomic E-state index is 12.0. The molecule has 2 aromatic carbocycles. The molecule has 98 valence electrons. The molecular weight excluding hydrogens is 279 g/mol. The Balaban J connectivity index is 2.03. The van der Waals surface area contributed by atoms with E-state index < -0.39 is 0 Å². The van der Waals surface area contributed by atoms with Crippen LogP contribution in [0.15, 0.2) is 42.5 Å². The molecule has 0 spiro atoms. The molecule has 0 bridgehead atoms. The van der Waals surface area contributed by atoms with Crippen LogP contribution in [-0.2, 0) is 17.6 Å². The molecule has 0 aromatic heterocycles. The van der Waals surface area contributed by atoms with Crippen LogP contribution in [0.4, 0.5) is 0 Å². The van der Waals surface area contributed by atoms with Crippen molar-refractivity contribution in [3.05, 3.63) is 69.2 Å². The third-order valence-electron chi connectivity index (χ3n) is 2.85. The van der Waals surface area contributed by atoms with Crippen LogP contribution in [0.25, 0.3) is 0 Å². The van der Waals surface area contributed by atoms with Crippen LogP contribution in [0.3, 0.4) is 0 Å². The number of ketones is 1. The van der Waals surface area contributed by atoms with Crippen molar-refractivity contribution >= 4 is 29.0 Å². The predicted octanol–water partition coefficient (Wildman–Crippen LogP) is 4.66. The van der Waals surface area contributed by atoms with E-state index in [2.05, 4.69) is 0 Å². The van der Waals surface area contributed by atoms with Gasteiger partial charge in [0.2, 0.25) is 0 Å². The van der Waals surface area contributed by atoms with Crippen LogP contribution in [0.5, 0.6) is 0 Å². The lowest BCUT2D eigenvalue weighted by atomic mass is 10.0. The Morgan fingerprint density at radius 1 is 0.895 bits per heavy atom. The van der Waals surface area contributed by atoms with Crippen molar-refractivity contribution in [2.75, 3.05) is 0 Å². The van der Waals surface area contributed by atoms with Crippen LogP contribution < -0.4 is 0 Å². The molecule has 0 amide bonds. The first kappa shape index (κ1) is 14.1. The number of Topliss-reactive ketones (excluding diaryl/α,β-unsaturated/α-hetero) is 1. The number of aryl methyl sites for hydroxylation is 1. The van der Waals surface area contributed by atoms with Crippen LogP contribution in [0, 0.1) is 6.92 Å². The molecule has 2 rings (SSSR count). The Hall–Kier alpha value is -1.31. The van der Waals surface area contributed by atoms with Crippen molar-refractivity contribution in [2.45, 2.75) is 19.8 Å². The summed E-state index contributed by atoms with van der Waals surface area (Å²) in [5.74, 6) is 0.155. The largest absolute Gasteiger partial charge is 0.299 e. The highest BCUT2D eigenvalue weighted by atomic mass is 35.5. The third kappa shape index (κ3) is 4.38. The molecule has 1 nitrogen and oxygen atoms in total. The Labute approximate surface area is 123 Å². The maximum absolute atomic E-state index is 12.0. The molecule has 0 heterocycles. The lowest BCUT2D eigenvalue weighted by Crippen LogP contribution is -2.06. The van der Waals surface area contributed by atoms with Crippen molar-refractivity contribution in [1.82, 2.24) is 0 Å². The van der Waals surface area contributed by atoms with E-state index in [-0.39, 0.29) is 5.78 Å². The van der Waals surface area contributed by atoms with Gasteiger partial charge in [-0.05, 0) is 36.2 Å². The molecule has 0 aliphatic rings. The fourth-order valence-corrected chi connectivity index (χ4v) is 2.51. The van der Waals surface area contributed by atoms with Gasteiger partial charge in [-0.15, -0.1) is 0 Å². The Kier molecular flexibility index (Phi) is 4.62. The highest BCUT2D eigenvalue weighted by molar-refractivity contribution is 6.34. The van der Waals surface area contributed by atoms with E-state index in [1.165, 1.54) is 5.56 Å². The highest BCUT2D eigenvalue weighted by Gasteiger charge is 2.07. The van der Waals surface area contributed by atoms with Gasteiger partial charge in [-0.2, -0.15) is 0 Å². The molecule has 0 atom stereocenters. The van der Waals surface area contributed by atoms with Gasteiger partial charge in [-0.25, -0.2) is 0 Å². The molecule has 2 aromatic rings. The van der Waals surface area contributed by atoms with Crippen molar-refractivity contribution in [2.24, 2.45) is 0 Å². The van der Waals surface area contributed by atoms with Gasteiger partial charge in [0.1, 0.15) is 5.78 Å². The van der Waals surface area contributed by atoms with Crippen LogP contribution >= 0.6 is 23.2 Å². The summed E-state index contributed by atoms with van der Waals surface area (Å²) in [6.45, 7) is 2.03. The summed E-state index contributed by atoms with van der Waals surface area (Å²) in [7, 11) is 0. The first-order chi connectivity index (χ1) is 9.02. The van der Waals surface area contributed by atoms with E-state index in [0.29, 0.717) is 22.9 Å². The summed E-state index contributed by atoms with van der Waals surface area (Å²) in [6, 6.07) is 13.2. The van der Waals surface area contributed by atoms with Crippen LogP contribution in [0.1, 0.15) is 16.7 Å². The standard InChI is InChI=1S/C16H14Cl2O/c1-11-2-4-12(5-3-11)8-16(19)9-13-6-14(17)10-15(18)7-13/h2-7,10H,8-9H2,1H3. The Morgan fingerprint density at radius 2 is 1.42 bits per heavy atom. The van der Waals surface area contributed by atoms with Crippen molar-refractivity contribution in [3.8, 4) is 0 Å². The van der Waals surface area contributed by atoms with E-state index in [9.17, 15) is 4.79 Å². The molecule has 0 fully saturated rings. The zero-order chi connectivity index (χ0) is 13.8. The van der Waals surface area contributed by atoms with E-state index in [1.807, 2.05) is 31.2 Å². The lowest BCUT2D eigenvalue weighted by molar-refractivity contribution is -0.117. The minimum atomic E-state index is 0.155. The van der Waals surface area contributed by atoms with Crippen LogP contribution in [0.2, 0.25) is 10.0 Å². The molecule has 0 saturated heterocycles. The predicted molar refractivity (Wildman–Crippen MR) is 80.1 cm³/mol. The quantitative estimate of drug-likeness (QED) is 0.801. The molecule has 3 heteroatoms. The fraction of sp³-hybridized carbons (Fsp3) is 0.188. The number of hydrogen-bond acceptors (Lipinski definition) is 1. The first-order valence-corrected chi connectivity index (χ1v) is 6.81. The fourth-order valence-electron chi connectivity index (χ4n) is 1.94. The number of carbonyl (C=O) groups excluding carboxylic acids is 1. The number of carbonyl (C=O) groups is 1. The molecule has 0 aliphatic heterocycles. The van der Waals surface area contributed by atoms with Crippen molar-refractivity contribution in [1.29, 1.82) is 0 Å². The van der Waals surface area contributed by atoms with E-state index in [1.54, 1.807) is 18.2 Å². The summed E-state index contributed by atoms with van der Waals surface area (Å²) >= 11 is 11.8. The van der Waals surface area contributed by atoms with Gasteiger partial charge >= 0.3 is 0 Å². The minimum absolute atomic E-state index is 0.155. The number of hydrogen-bond donors (Lipinski definition) is 0. The summed E-state index contributed by atoms with van der Waals surface area (Å²) in [5.41, 5.74) is 3.08.